The van der Waals surface area contributed by atoms with Gasteiger partial charge in [0.05, 0.1) is 26.6 Å². The molecule has 33 heavy (non-hydrogen) atoms. The van der Waals surface area contributed by atoms with Crippen molar-refractivity contribution < 1.29 is 4.39 Å². The lowest BCUT2D eigenvalue weighted by atomic mass is 10.1. The van der Waals surface area contributed by atoms with Crippen LogP contribution in [-0.4, -0.2) is 27.5 Å². The molecule has 1 aliphatic rings. The molecule has 0 spiro atoms. The molecule has 1 aliphatic heterocycles. The predicted octanol–water partition coefficient (Wildman–Crippen LogP) is 6.75. The summed E-state index contributed by atoms with van der Waals surface area (Å²) in [5.41, 5.74) is 2.04. The van der Waals surface area contributed by atoms with Crippen LogP contribution in [0.5, 0.6) is 0 Å². The predicted molar refractivity (Wildman–Crippen MR) is 132 cm³/mol. The lowest BCUT2D eigenvalue weighted by Crippen LogP contribution is -2.22. The number of hydrogen-bond donors (Lipinski definition) is 0. The van der Waals surface area contributed by atoms with Crippen molar-refractivity contribution in [2.45, 2.75) is 19.4 Å². The maximum atomic E-state index is 14.4. The average Bonchev–Trinajstić information content (AvgIpc) is 3.30. The molecule has 0 unspecified atom stereocenters. The fourth-order valence-electron chi connectivity index (χ4n) is 4.24. The first-order chi connectivity index (χ1) is 15.9. The van der Waals surface area contributed by atoms with Crippen molar-refractivity contribution in [2.75, 3.05) is 13.1 Å². The molecule has 168 valence electrons. The first-order valence-corrected chi connectivity index (χ1v) is 11.7. The summed E-state index contributed by atoms with van der Waals surface area (Å²) in [4.78, 5) is 20.7. The van der Waals surface area contributed by atoms with Gasteiger partial charge < -0.3 is 0 Å². The third kappa shape index (κ3) is 4.38. The molecule has 0 aliphatic carbocycles. The van der Waals surface area contributed by atoms with Gasteiger partial charge in [0.15, 0.2) is 0 Å². The highest BCUT2D eigenvalue weighted by atomic mass is 35.5. The quantitative estimate of drug-likeness (QED) is 0.310. The zero-order valence-corrected chi connectivity index (χ0v) is 19.8. The molecule has 0 radical (unpaired) electrons. The third-order valence-corrected chi connectivity index (χ3v) is 6.74. The summed E-state index contributed by atoms with van der Waals surface area (Å²) < 4.78 is 15.7. The minimum Gasteiger partial charge on any atom is -0.299 e. The number of aromatic nitrogens is 2. The second kappa shape index (κ2) is 9.07. The van der Waals surface area contributed by atoms with Crippen LogP contribution in [0.4, 0.5) is 4.39 Å². The third-order valence-electron chi connectivity index (χ3n) is 5.87. The Morgan fingerprint density at radius 3 is 2.42 bits per heavy atom. The van der Waals surface area contributed by atoms with Gasteiger partial charge in [-0.1, -0.05) is 40.9 Å². The van der Waals surface area contributed by atoms with Crippen LogP contribution in [0.2, 0.25) is 15.1 Å². The maximum Gasteiger partial charge on any atom is 0.266 e. The van der Waals surface area contributed by atoms with Crippen LogP contribution in [0.1, 0.15) is 18.4 Å². The summed E-state index contributed by atoms with van der Waals surface area (Å²) >= 11 is 18.7. The van der Waals surface area contributed by atoms with Gasteiger partial charge in [0, 0.05) is 17.1 Å². The minimum absolute atomic E-state index is 0.0282. The zero-order chi connectivity index (χ0) is 23.1. The molecule has 0 N–H and O–H groups in total. The number of rotatable bonds is 4. The van der Waals surface area contributed by atoms with Crippen molar-refractivity contribution in [3.8, 4) is 17.1 Å². The van der Waals surface area contributed by atoms with Gasteiger partial charge in [0.1, 0.15) is 11.6 Å². The van der Waals surface area contributed by atoms with Crippen molar-refractivity contribution >= 4 is 45.7 Å². The number of fused-ring (bicyclic) bond motifs is 1. The lowest BCUT2D eigenvalue weighted by Gasteiger charge is -2.18. The molecule has 4 aromatic rings. The standard InChI is InChI=1S/C25H19Cl3FN3O/c26-16-4-6-18-23(12-16)30-24(32(25(18)33)17-5-8-21(28)22(29)13-17)19-11-15(3-7-20(19)27)14-31-9-1-2-10-31/h3-8,11-13H,1-2,9-10,14H2. The molecular weight excluding hydrogens is 484 g/mol. The molecule has 1 aromatic heterocycles. The van der Waals surface area contributed by atoms with E-state index in [4.69, 9.17) is 39.8 Å². The summed E-state index contributed by atoms with van der Waals surface area (Å²) in [6, 6.07) is 14.8. The highest BCUT2D eigenvalue weighted by Gasteiger charge is 2.19. The number of likely N-dealkylation sites (tertiary alicyclic amines) is 1. The smallest absolute Gasteiger partial charge is 0.266 e. The van der Waals surface area contributed by atoms with Crippen LogP contribution in [0.25, 0.3) is 28.0 Å². The van der Waals surface area contributed by atoms with Gasteiger partial charge in [-0.3, -0.25) is 14.3 Å². The fourth-order valence-corrected chi connectivity index (χ4v) is 4.73. The van der Waals surface area contributed by atoms with Gasteiger partial charge in [0.25, 0.3) is 5.56 Å². The van der Waals surface area contributed by atoms with E-state index in [9.17, 15) is 9.18 Å². The molecular formula is C25H19Cl3FN3O. The summed E-state index contributed by atoms with van der Waals surface area (Å²) in [5, 5.41) is 1.24. The van der Waals surface area contributed by atoms with E-state index in [2.05, 4.69) is 4.90 Å². The number of halogens is 4. The molecule has 8 heteroatoms. The lowest BCUT2D eigenvalue weighted by molar-refractivity contribution is 0.331. The summed E-state index contributed by atoms with van der Waals surface area (Å²) in [5.74, 6) is -0.318. The van der Waals surface area contributed by atoms with Gasteiger partial charge in [-0.25, -0.2) is 9.37 Å². The van der Waals surface area contributed by atoms with E-state index < -0.39 is 5.82 Å². The SMILES string of the molecule is O=c1c2ccc(Cl)cc2nc(-c2cc(CN3CCCC3)ccc2Cl)n1-c1ccc(Cl)c(F)c1. The first-order valence-electron chi connectivity index (χ1n) is 10.6. The molecule has 5 rings (SSSR count). The Morgan fingerprint density at radius 1 is 0.909 bits per heavy atom. The van der Waals surface area contributed by atoms with Crippen LogP contribution >= 0.6 is 34.8 Å². The average molecular weight is 503 g/mol. The largest absolute Gasteiger partial charge is 0.299 e. The van der Waals surface area contributed by atoms with E-state index >= 15 is 0 Å². The summed E-state index contributed by atoms with van der Waals surface area (Å²) in [6.45, 7) is 2.89. The van der Waals surface area contributed by atoms with Crippen LogP contribution in [0.15, 0.2) is 59.4 Å². The van der Waals surface area contributed by atoms with Crippen molar-refractivity contribution in [1.82, 2.24) is 14.5 Å². The van der Waals surface area contributed by atoms with E-state index in [-0.39, 0.29) is 10.6 Å². The molecule has 0 bridgehead atoms. The van der Waals surface area contributed by atoms with Crippen molar-refractivity contribution in [1.29, 1.82) is 0 Å². The molecule has 3 aromatic carbocycles. The van der Waals surface area contributed by atoms with E-state index in [1.54, 1.807) is 24.3 Å². The van der Waals surface area contributed by atoms with Gasteiger partial charge in [-0.15, -0.1) is 0 Å². The second-order valence-corrected chi connectivity index (χ2v) is 9.38. The minimum atomic E-state index is -0.628. The molecule has 4 nitrogen and oxygen atoms in total. The molecule has 1 fully saturated rings. The van der Waals surface area contributed by atoms with Gasteiger partial charge in [-0.05, 0) is 80.0 Å². The monoisotopic (exact) mass is 501 g/mol. The highest BCUT2D eigenvalue weighted by molar-refractivity contribution is 6.33. The van der Waals surface area contributed by atoms with E-state index in [1.165, 1.54) is 29.5 Å². The number of benzene rings is 3. The van der Waals surface area contributed by atoms with Crippen LogP contribution < -0.4 is 5.56 Å². The Kier molecular flexibility index (Phi) is 6.14. The van der Waals surface area contributed by atoms with Crippen molar-refractivity contribution in [2.24, 2.45) is 0 Å². The van der Waals surface area contributed by atoms with Gasteiger partial charge >= 0.3 is 0 Å². The Morgan fingerprint density at radius 2 is 1.67 bits per heavy atom. The molecule has 0 atom stereocenters. The molecule has 0 amide bonds. The molecule has 2 heterocycles. The summed E-state index contributed by atoms with van der Waals surface area (Å²) in [6.07, 6.45) is 2.38. The number of nitrogens with zero attached hydrogens (tertiary/aromatic N) is 3. The van der Waals surface area contributed by atoms with Gasteiger partial charge in [-0.2, -0.15) is 0 Å². The zero-order valence-electron chi connectivity index (χ0n) is 17.5. The normalized spacial score (nSPS) is 14.3. The van der Waals surface area contributed by atoms with Crippen LogP contribution in [0.3, 0.4) is 0 Å². The topological polar surface area (TPSA) is 38.1 Å². The maximum absolute atomic E-state index is 14.4. The molecule has 1 saturated heterocycles. The highest BCUT2D eigenvalue weighted by Crippen LogP contribution is 2.31. The fraction of sp³-hybridized carbons (Fsp3) is 0.200. The van der Waals surface area contributed by atoms with E-state index in [1.807, 2.05) is 18.2 Å². The Labute approximate surface area is 205 Å². The van der Waals surface area contributed by atoms with Crippen molar-refractivity contribution in [3.63, 3.8) is 0 Å². The van der Waals surface area contributed by atoms with Crippen LogP contribution in [0, 0.1) is 5.82 Å². The molecule has 0 saturated carbocycles. The number of hydrogen-bond acceptors (Lipinski definition) is 3. The second-order valence-electron chi connectivity index (χ2n) is 8.13. The Hall–Kier alpha value is -2.44. The van der Waals surface area contributed by atoms with Gasteiger partial charge in [0.2, 0.25) is 0 Å². The van der Waals surface area contributed by atoms with E-state index in [0.717, 1.165) is 25.2 Å². The Balaban J connectivity index is 1.76. The van der Waals surface area contributed by atoms with Crippen LogP contribution in [-0.2, 0) is 6.54 Å². The first kappa shape index (κ1) is 22.4. The van der Waals surface area contributed by atoms with E-state index in [0.29, 0.717) is 38.0 Å². The van der Waals surface area contributed by atoms with Crippen molar-refractivity contribution in [3.05, 3.63) is 91.4 Å². The summed E-state index contributed by atoms with van der Waals surface area (Å²) in [7, 11) is 0. The Bertz CT molecular complexity index is 1430.